The van der Waals surface area contributed by atoms with Crippen LogP contribution < -0.4 is 10.1 Å². The summed E-state index contributed by atoms with van der Waals surface area (Å²) in [5.41, 5.74) is 1.02. The van der Waals surface area contributed by atoms with Crippen molar-refractivity contribution in [3.63, 3.8) is 0 Å². The molecule has 0 aromatic heterocycles. The second kappa shape index (κ2) is 22.6. The highest BCUT2D eigenvalue weighted by Crippen LogP contribution is 2.44. The van der Waals surface area contributed by atoms with E-state index < -0.39 is 7.82 Å². The number of phosphoric acid groups is 1. The molecule has 1 rings (SSSR count). The zero-order valence-electron chi connectivity index (χ0n) is 24.3. The van der Waals surface area contributed by atoms with Crippen LogP contribution in [0.25, 0.3) is 0 Å². The van der Waals surface area contributed by atoms with E-state index in [1.807, 2.05) is 38.2 Å². The molecule has 0 aliphatic rings. The molecule has 7 nitrogen and oxygen atoms in total. The van der Waals surface area contributed by atoms with Crippen molar-refractivity contribution >= 4 is 13.6 Å². The first-order valence-corrected chi connectivity index (χ1v) is 16.4. The average Bonchev–Trinajstić information content (AvgIpc) is 2.90. The molecule has 0 fully saturated rings. The fourth-order valence-corrected chi connectivity index (χ4v) is 5.21. The molecule has 1 aromatic rings. The van der Waals surface area contributed by atoms with E-state index in [0.717, 1.165) is 17.7 Å². The molecule has 0 aliphatic heterocycles. The lowest BCUT2D eigenvalue weighted by Crippen LogP contribution is -2.17. The summed E-state index contributed by atoms with van der Waals surface area (Å²) in [5.74, 6) is 0.702. The van der Waals surface area contributed by atoms with Gasteiger partial charge < -0.3 is 14.9 Å². The van der Waals surface area contributed by atoms with Crippen molar-refractivity contribution in [1.82, 2.24) is 5.32 Å². The number of phosphoric ester groups is 1. The van der Waals surface area contributed by atoms with E-state index in [1.165, 1.54) is 64.2 Å². The van der Waals surface area contributed by atoms with Crippen molar-refractivity contribution in [1.29, 1.82) is 0 Å². The number of carbonyl (C=O) groups is 1. The molecule has 0 amide bonds. The monoisotopic (exact) mass is 555 g/mol. The van der Waals surface area contributed by atoms with Gasteiger partial charge in [-0.05, 0) is 56.5 Å². The van der Waals surface area contributed by atoms with Gasteiger partial charge in [-0.1, -0.05) is 90.2 Å². The Morgan fingerprint density at radius 2 is 1.58 bits per heavy atom. The Morgan fingerprint density at radius 3 is 2.21 bits per heavy atom. The zero-order valence-corrected chi connectivity index (χ0v) is 25.2. The molecular weight excluding hydrogens is 501 g/mol. The van der Waals surface area contributed by atoms with Crippen LogP contribution in [0.5, 0.6) is 5.75 Å². The largest absolute Gasteiger partial charge is 0.494 e. The topological polar surface area (TPSA) is 94.1 Å². The first kappa shape index (κ1) is 34.8. The van der Waals surface area contributed by atoms with E-state index in [4.69, 9.17) is 13.8 Å². The van der Waals surface area contributed by atoms with Crippen LogP contribution in [0.1, 0.15) is 109 Å². The van der Waals surface area contributed by atoms with Gasteiger partial charge in [-0.2, -0.15) is 0 Å². The standard InChI is InChI=1S/C30H54NO6P/c1-4-6-7-8-9-10-11-12-13-14-15-21-35-30-19-16-18-27(25-30)23-28(24-29(32)5-2)26-37-38(33,34)36-22-17-20-31-3/h16,18-19,25,28,31H,4-15,17,20-24,26H2,1-3H3,(H,33,34). The van der Waals surface area contributed by atoms with Gasteiger partial charge >= 0.3 is 7.82 Å². The van der Waals surface area contributed by atoms with Crippen LogP contribution in [-0.2, 0) is 24.8 Å². The highest BCUT2D eigenvalue weighted by molar-refractivity contribution is 7.47. The first-order chi connectivity index (χ1) is 18.4. The number of nitrogens with one attached hydrogen (secondary N) is 1. The van der Waals surface area contributed by atoms with Gasteiger partial charge in [0.25, 0.3) is 0 Å². The Kier molecular flexibility index (Phi) is 20.7. The van der Waals surface area contributed by atoms with E-state index in [2.05, 4.69) is 12.2 Å². The third-order valence-electron chi connectivity index (χ3n) is 6.65. The minimum absolute atomic E-state index is 0.0185. The van der Waals surface area contributed by atoms with Gasteiger partial charge in [-0.3, -0.25) is 13.8 Å². The van der Waals surface area contributed by atoms with Crippen LogP contribution in [-0.4, -0.2) is 44.1 Å². The van der Waals surface area contributed by atoms with Gasteiger partial charge in [0.2, 0.25) is 0 Å². The average molecular weight is 556 g/mol. The molecule has 0 aliphatic carbocycles. The number of benzene rings is 1. The molecule has 0 radical (unpaired) electrons. The predicted molar refractivity (Wildman–Crippen MR) is 156 cm³/mol. The SMILES string of the molecule is CCCCCCCCCCCCCOc1cccc(CC(COP(=O)(O)OCCCNC)CC(=O)CC)c1. The maximum Gasteiger partial charge on any atom is 0.472 e. The molecular formula is C30H54NO6P. The van der Waals surface area contributed by atoms with Gasteiger partial charge in [-0.25, -0.2) is 4.57 Å². The summed E-state index contributed by atoms with van der Waals surface area (Å²) in [6.45, 7) is 5.58. The molecule has 0 saturated carbocycles. The second-order valence-electron chi connectivity index (χ2n) is 10.3. The van der Waals surface area contributed by atoms with Crippen molar-refractivity contribution < 1.29 is 28.0 Å². The van der Waals surface area contributed by atoms with Crippen molar-refractivity contribution in [3.8, 4) is 5.75 Å². The van der Waals surface area contributed by atoms with Gasteiger partial charge in [0, 0.05) is 12.8 Å². The third-order valence-corrected chi connectivity index (χ3v) is 7.63. The van der Waals surface area contributed by atoms with Crippen molar-refractivity contribution in [2.45, 2.75) is 110 Å². The molecule has 8 heteroatoms. The predicted octanol–water partition coefficient (Wildman–Crippen LogP) is 7.65. The number of ketones is 1. The second-order valence-corrected chi connectivity index (χ2v) is 11.7. The Balaban J connectivity index is 2.39. The highest BCUT2D eigenvalue weighted by atomic mass is 31.2. The van der Waals surface area contributed by atoms with Gasteiger partial charge in [-0.15, -0.1) is 0 Å². The summed E-state index contributed by atoms with van der Waals surface area (Å²) in [4.78, 5) is 22.1. The van der Waals surface area contributed by atoms with E-state index in [0.29, 0.717) is 38.8 Å². The smallest absolute Gasteiger partial charge is 0.472 e. The quantitative estimate of drug-likeness (QED) is 0.0896. The van der Waals surface area contributed by atoms with E-state index in [9.17, 15) is 14.3 Å². The maximum atomic E-state index is 12.2. The van der Waals surface area contributed by atoms with Crippen LogP contribution in [0.2, 0.25) is 0 Å². The Bertz CT molecular complexity index is 775. The van der Waals surface area contributed by atoms with Crippen molar-refractivity contribution in [2.24, 2.45) is 5.92 Å². The molecule has 0 spiro atoms. The maximum absolute atomic E-state index is 12.2. The van der Waals surface area contributed by atoms with Crippen LogP contribution in [0.15, 0.2) is 24.3 Å². The molecule has 0 heterocycles. The molecule has 2 atom stereocenters. The summed E-state index contributed by atoms with van der Waals surface area (Å²) >= 11 is 0. The summed E-state index contributed by atoms with van der Waals surface area (Å²) in [6, 6.07) is 7.89. The number of Topliss-reactive ketones (excluding diaryl/α,β-unsaturated/α-hetero) is 1. The van der Waals surface area contributed by atoms with Crippen LogP contribution in [0, 0.1) is 5.92 Å². The summed E-state index contributed by atoms with van der Waals surface area (Å²) in [5, 5.41) is 2.96. The normalized spacial score (nSPS) is 13.8. The summed E-state index contributed by atoms with van der Waals surface area (Å²) in [7, 11) is -2.34. The van der Waals surface area contributed by atoms with Gasteiger partial charge in [0.1, 0.15) is 11.5 Å². The molecule has 2 unspecified atom stereocenters. The summed E-state index contributed by atoms with van der Waals surface area (Å²) in [6.07, 6.45) is 16.2. The van der Waals surface area contributed by atoms with E-state index >= 15 is 0 Å². The first-order valence-electron chi connectivity index (χ1n) is 14.9. The Morgan fingerprint density at radius 1 is 0.921 bits per heavy atom. The molecule has 0 saturated heterocycles. The lowest BCUT2D eigenvalue weighted by molar-refractivity contribution is -0.120. The number of rotatable bonds is 26. The number of ether oxygens (including phenoxy) is 1. The minimum Gasteiger partial charge on any atom is -0.494 e. The van der Waals surface area contributed by atoms with Crippen LogP contribution in [0.3, 0.4) is 0 Å². The molecule has 220 valence electrons. The third kappa shape index (κ3) is 18.9. The number of hydrogen-bond acceptors (Lipinski definition) is 6. The highest BCUT2D eigenvalue weighted by Gasteiger charge is 2.24. The zero-order chi connectivity index (χ0) is 27.9. The van der Waals surface area contributed by atoms with E-state index in [1.54, 1.807) is 0 Å². The summed E-state index contributed by atoms with van der Waals surface area (Å²) < 4.78 is 28.5. The fraction of sp³-hybridized carbons (Fsp3) is 0.767. The van der Waals surface area contributed by atoms with Crippen LogP contribution >= 0.6 is 7.82 Å². The van der Waals surface area contributed by atoms with Crippen molar-refractivity contribution in [3.05, 3.63) is 29.8 Å². The number of hydrogen-bond donors (Lipinski definition) is 2. The van der Waals surface area contributed by atoms with Gasteiger partial charge in [0.05, 0.1) is 19.8 Å². The molecule has 38 heavy (non-hydrogen) atoms. The van der Waals surface area contributed by atoms with Gasteiger partial charge in [0.15, 0.2) is 0 Å². The molecule has 0 bridgehead atoms. The molecule has 1 aromatic carbocycles. The van der Waals surface area contributed by atoms with E-state index in [-0.39, 0.29) is 24.9 Å². The minimum atomic E-state index is -4.15. The Hall–Kier alpha value is -1.24. The lowest BCUT2D eigenvalue weighted by atomic mass is 9.94. The number of carbonyl (C=O) groups excluding carboxylic acids is 1. The van der Waals surface area contributed by atoms with Crippen LogP contribution in [0.4, 0.5) is 0 Å². The lowest BCUT2D eigenvalue weighted by Gasteiger charge is -2.19. The van der Waals surface area contributed by atoms with Crippen molar-refractivity contribution in [2.75, 3.05) is 33.4 Å². The molecule has 2 N–H and O–H groups in total. The Labute approximate surface area is 232 Å². The fourth-order valence-electron chi connectivity index (χ4n) is 4.37. The number of unbranched alkanes of at least 4 members (excludes halogenated alkanes) is 10.